The summed E-state index contributed by atoms with van der Waals surface area (Å²) >= 11 is 0. The number of hydrogen-bond acceptors (Lipinski definition) is 2. The van der Waals surface area contributed by atoms with Crippen LogP contribution in [0.2, 0.25) is 6.32 Å². The van der Waals surface area contributed by atoms with Gasteiger partial charge in [-0.1, -0.05) is 13.2 Å². The van der Waals surface area contributed by atoms with E-state index < -0.39 is 0 Å². The van der Waals surface area contributed by atoms with Crippen molar-refractivity contribution in [1.82, 2.24) is 0 Å². The van der Waals surface area contributed by atoms with Crippen LogP contribution in [-0.4, -0.2) is 28.1 Å². The Morgan fingerprint density at radius 1 is 1.62 bits per heavy atom. The summed E-state index contributed by atoms with van der Waals surface area (Å²) in [6.07, 6.45) is 1.59. The summed E-state index contributed by atoms with van der Waals surface area (Å²) in [6.45, 7) is 2.21. The third-order valence-corrected chi connectivity index (χ3v) is 0.707. The molecule has 0 aliphatic rings. The second-order valence-corrected chi connectivity index (χ2v) is 1.44. The molecule has 42 valence electrons. The van der Waals surface area contributed by atoms with Gasteiger partial charge in [-0.05, 0) is 0 Å². The first-order chi connectivity index (χ1) is 3.83. The number of rotatable bonds is 2. The van der Waals surface area contributed by atoms with Crippen molar-refractivity contribution in [3.05, 3.63) is 0 Å². The summed E-state index contributed by atoms with van der Waals surface area (Å²) in [4.78, 5) is 16.2. The van der Waals surface area contributed by atoms with Crippen LogP contribution in [0.4, 0.5) is 0 Å². The molecule has 0 rings (SSSR count). The largest absolute Gasteiger partial charge is 0.373 e. The molecule has 0 fully saturated rings. The smallest absolute Gasteiger partial charge is 0.186 e. The second-order valence-electron chi connectivity index (χ2n) is 1.44. The number of hydrogen-bond donors (Lipinski definition) is 0. The zero-order chi connectivity index (χ0) is 6.83. The van der Waals surface area contributed by atoms with E-state index in [1.54, 1.807) is 0 Å². The Balaban J connectivity index is 0. The van der Waals surface area contributed by atoms with Gasteiger partial charge in [-0.25, -0.2) is 0 Å². The van der Waals surface area contributed by atoms with Gasteiger partial charge in [0.2, 0.25) is 0 Å². The molecule has 0 aliphatic heterocycles. The highest BCUT2D eigenvalue weighted by Crippen LogP contribution is 1.63. The molecule has 0 amide bonds. The topological polar surface area (TPSA) is 34.1 Å². The lowest BCUT2D eigenvalue weighted by Gasteiger charge is -1.72. The fourth-order valence-electron chi connectivity index (χ4n) is 0.354. The molecule has 0 bridgehead atoms. The third kappa shape index (κ3) is 47.0. The fourth-order valence-corrected chi connectivity index (χ4v) is 0.354. The zero-order valence-electron chi connectivity index (χ0n) is 5.44. The van der Waals surface area contributed by atoms with E-state index in [1.807, 2.05) is 0 Å². The Kier molecular flexibility index (Phi) is 21.1. The minimum atomic E-state index is 0.250. The van der Waals surface area contributed by atoms with Crippen molar-refractivity contribution in [2.24, 2.45) is 0 Å². The molecule has 0 spiro atoms. The van der Waals surface area contributed by atoms with E-state index in [4.69, 9.17) is 9.59 Å². The summed E-state index contributed by atoms with van der Waals surface area (Å²) < 4.78 is 0. The molecule has 0 saturated heterocycles. The molecule has 0 aromatic rings. The SMILES string of the molecule is BBBCC.O=C=O. The van der Waals surface area contributed by atoms with E-state index in [9.17, 15) is 0 Å². The van der Waals surface area contributed by atoms with Crippen LogP contribution in [0, 0.1) is 0 Å². The van der Waals surface area contributed by atoms with Gasteiger partial charge in [0, 0.05) is 0 Å². The molecule has 5 heteroatoms. The highest BCUT2D eigenvalue weighted by Gasteiger charge is 1.75. The van der Waals surface area contributed by atoms with Crippen molar-refractivity contribution >= 4 is 28.1 Å². The van der Waals surface area contributed by atoms with E-state index in [2.05, 4.69) is 14.7 Å². The Labute approximate surface area is 51.9 Å². The average molecular weight is 110 g/mol. The van der Waals surface area contributed by atoms with Crippen molar-refractivity contribution < 1.29 is 9.59 Å². The maximum Gasteiger partial charge on any atom is 0.373 e. The van der Waals surface area contributed by atoms with Crippen LogP contribution in [0.25, 0.3) is 0 Å². The standard InChI is InChI=1S/C2H9B3.CO2/c1-2-4-5-3;2-1-3/h4-5H,2-3H2,1H3;. The first-order valence-corrected chi connectivity index (χ1v) is 2.82. The number of carbonyl (C=O) groups excluding carboxylic acids is 2. The first kappa shape index (κ1) is 10.5. The molecule has 0 N–H and O–H groups in total. The zero-order valence-corrected chi connectivity index (χ0v) is 5.44. The maximum absolute atomic E-state index is 8.12. The van der Waals surface area contributed by atoms with Gasteiger partial charge < -0.3 is 0 Å². The second kappa shape index (κ2) is 16.0. The molecular weight excluding hydrogens is 100 g/mol. The third-order valence-electron chi connectivity index (χ3n) is 0.707. The molecule has 0 atom stereocenters. The minimum absolute atomic E-state index is 0.250. The molecule has 0 unspecified atom stereocenters. The lowest BCUT2D eigenvalue weighted by Crippen LogP contribution is -1.98. The summed E-state index contributed by atoms with van der Waals surface area (Å²) in [5, 5.41) is 0. The highest BCUT2D eigenvalue weighted by molar-refractivity contribution is 7.23. The monoisotopic (exact) mass is 110 g/mol. The van der Waals surface area contributed by atoms with Gasteiger partial charge in [0.05, 0.1) is 22.0 Å². The lowest BCUT2D eigenvalue weighted by molar-refractivity contribution is -0.191. The maximum atomic E-state index is 8.12. The van der Waals surface area contributed by atoms with Gasteiger partial charge >= 0.3 is 6.15 Å². The molecule has 2 nitrogen and oxygen atoms in total. The minimum Gasteiger partial charge on any atom is -0.186 e. The Morgan fingerprint density at radius 3 is 2.00 bits per heavy atom. The molecular formula is C3H9B3O2. The van der Waals surface area contributed by atoms with Crippen LogP contribution in [0.3, 0.4) is 0 Å². The van der Waals surface area contributed by atoms with Crippen LogP contribution in [0.5, 0.6) is 0 Å². The van der Waals surface area contributed by atoms with E-state index in [0.717, 1.165) is 0 Å². The van der Waals surface area contributed by atoms with Crippen LogP contribution < -0.4 is 0 Å². The molecule has 0 aromatic heterocycles. The molecule has 0 radical (unpaired) electrons. The van der Waals surface area contributed by atoms with Crippen molar-refractivity contribution in [3.63, 3.8) is 0 Å². The lowest BCUT2D eigenvalue weighted by atomic mass is 9.27. The predicted octanol–water partition coefficient (Wildman–Crippen LogP) is -1.82. The quantitative estimate of drug-likeness (QED) is 0.391. The van der Waals surface area contributed by atoms with Crippen molar-refractivity contribution in [3.8, 4) is 0 Å². The average Bonchev–Trinajstić information content (AvgIpc) is 1.71. The summed E-state index contributed by atoms with van der Waals surface area (Å²) in [6, 6.07) is 0. The molecule has 0 heterocycles. The van der Waals surface area contributed by atoms with E-state index >= 15 is 0 Å². The van der Waals surface area contributed by atoms with Crippen molar-refractivity contribution in [2.45, 2.75) is 13.2 Å². The molecule has 0 aromatic carbocycles. The first-order valence-electron chi connectivity index (χ1n) is 2.82. The molecule has 0 aliphatic carbocycles. The summed E-state index contributed by atoms with van der Waals surface area (Å²) in [7, 11) is 4.94. The van der Waals surface area contributed by atoms with E-state index in [-0.39, 0.29) is 6.15 Å². The van der Waals surface area contributed by atoms with Crippen molar-refractivity contribution in [1.29, 1.82) is 0 Å². The summed E-state index contributed by atoms with van der Waals surface area (Å²) in [5.41, 5.74) is 0. The van der Waals surface area contributed by atoms with Crippen LogP contribution in [0.1, 0.15) is 6.92 Å². The molecule has 8 heavy (non-hydrogen) atoms. The summed E-state index contributed by atoms with van der Waals surface area (Å²) in [5.74, 6) is 0. The van der Waals surface area contributed by atoms with Gasteiger partial charge in [-0.15, -0.1) is 0 Å². The van der Waals surface area contributed by atoms with Gasteiger partial charge in [0.1, 0.15) is 0 Å². The van der Waals surface area contributed by atoms with Crippen molar-refractivity contribution in [2.75, 3.05) is 0 Å². The predicted molar refractivity (Wildman–Crippen MR) is 38.3 cm³/mol. The molecule has 0 saturated carbocycles. The van der Waals surface area contributed by atoms with Crippen LogP contribution in [-0.2, 0) is 9.59 Å². The van der Waals surface area contributed by atoms with Gasteiger partial charge in [0.25, 0.3) is 0 Å². The van der Waals surface area contributed by atoms with E-state index in [0.29, 0.717) is 0 Å². The Morgan fingerprint density at radius 2 is 2.00 bits per heavy atom. The van der Waals surface area contributed by atoms with Crippen LogP contribution >= 0.6 is 0 Å². The Bertz CT molecular complexity index is 57.5. The normalized spacial score (nSPS) is 5.12. The van der Waals surface area contributed by atoms with Gasteiger partial charge in [-0.3, -0.25) is 0 Å². The van der Waals surface area contributed by atoms with Gasteiger partial charge in [-0.2, -0.15) is 9.59 Å². The Hall–Kier alpha value is -0.425. The van der Waals surface area contributed by atoms with E-state index in [1.165, 1.54) is 20.6 Å². The fraction of sp³-hybridized carbons (Fsp3) is 0.667. The van der Waals surface area contributed by atoms with Gasteiger partial charge in [0.15, 0.2) is 0 Å². The highest BCUT2D eigenvalue weighted by atomic mass is 16.2. The van der Waals surface area contributed by atoms with Crippen LogP contribution in [0.15, 0.2) is 0 Å².